The smallest absolute Gasteiger partial charge is 0.248 e. The van der Waals surface area contributed by atoms with Gasteiger partial charge in [-0.3, -0.25) is 14.2 Å². The first-order valence-electron chi connectivity index (χ1n) is 10.3. The molecule has 0 spiro atoms. The Hall–Kier alpha value is -3.91. The van der Waals surface area contributed by atoms with E-state index in [-0.39, 0.29) is 11.7 Å². The monoisotopic (exact) mass is 457 g/mol. The number of hydrogen-bond acceptors (Lipinski definition) is 5. The number of hydrogen-bond donors (Lipinski definition) is 2. The number of aromatic nitrogens is 3. The fraction of sp³-hybridized carbons (Fsp3) is 0.120. The van der Waals surface area contributed by atoms with Gasteiger partial charge in [0.15, 0.2) is 11.0 Å². The van der Waals surface area contributed by atoms with E-state index in [1.807, 2.05) is 41.0 Å². The Kier molecular flexibility index (Phi) is 6.55. The number of amides is 2. The Morgan fingerprint density at radius 3 is 2.33 bits per heavy atom. The number of benzene rings is 3. The number of primary amides is 1. The third-order valence-electron chi connectivity index (χ3n) is 5.20. The second-order valence-corrected chi connectivity index (χ2v) is 8.50. The highest BCUT2D eigenvalue weighted by Gasteiger charge is 2.18. The number of rotatable bonds is 7. The van der Waals surface area contributed by atoms with Crippen LogP contribution in [0.1, 0.15) is 21.5 Å². The molecule has 4 aromatic rings. The molecule has 8 heteroatoms. The van der Waals surface area contributed by atoms with Crippen molar-refractivity contribution in [1.29, 1.82) is 0 Å². The summed E-state index contributed by atoms with van der Waals surface area (Å²) in [4.78, 5) is 23.8. The molecule has 0 aliphatic carbocycles. The van der Waals surface area contributed by atoms with E-state index in [1.165, 1.54) is 17.3 Å². The Labute approximate surface area is 196 Å². The minimum atomic E-state index is -0.511. The molecule has 0 radical (unpaired) electrons. The first-order valence-corrected chi connectivity index (χ1v) is 11.3. The van der Waals surface area contributed by atoms with Crippen LogP contribution in [0.4, 0.5) is 5.69 Å². The fourth-order valence-electron chi connectivity index (χ4n) is 3.28. The van der Waals surface area contributed by atoms with Gasteiger partial charge >= 0.3 is 0 Å². The molecule has 166 valence electrons. The molecule has 4 rings (SSSR count). The highest BCUT2D eigenvalue weighted by atomic mass is 32.2. The number of nitrogens with one attached hydrogen (secondary N) is 1. The quantitative estimate of drug-likeness (QED) is 0.401. The summed E-state index contributed by atoms with van der Waals surface area (Å²) in [5, 5.41) is 12.2. The number of thioether (sulfide) groups is 1. The lowest BCUT2D eigenvalue weighted by atomic mass is 10.1. The standard InChI is InChI=1S/C25H23N5O2S/c1-16-8-13-21(14-17(16)2)30-24(19-6-4-3-5-7-19)28-29-25(30)33-15-22(31)27-20-11-9-18(10-12-20)23(26)32/h3-14H,15H2,1-2H3,(H2,26,32)(H,27,31). The number of aryl methyl sites for hydroxylation is 2. The zero-order chi connectivity index (χ0) is 23.4. The van der Waals surface area contributed by atoms with Gasteiger partial charge in [-0.05, 0) is 61.4 Å². The summed E-state index contributed by atoms with van der Waals surface area (Å²) in [6.07, 6.45) is 0. The van der Waals surface area contributed by atoms with E-state index < -0.39 is 5.91 Å². The van der Waals surface area contributed by atoms with Crippen LogP contribution in [0.3, 0.4) is 0 Å². The molecule has 7 nitrogen and oxygen atoms in total. The topological polar surface area (TPSA) is 103 Å². The lowest BCUT2D eigenvalue weighted by Crippen LogP contribution is -2.15. The van der Waals surface area contributed by atoms with Crippen LogP contribution in [0.25, 0.3) is 17.1 Å². The molecule has 3 aromatic carbocycles. The van der Waals surface area contributed by atoms with Crippen LogP contribution in [0.15, 0.2) is 78.0 Å². The van der Waals surface area contributed by atoms with Crippen molar-refractivity contribution < 1.29 is 9.59 Å². The van der Waals surface area contributed by atoms with Crippen molar-refractivity contribution in [2.24, 2.45) is 5.73 Å². The van der Waals surface area contributed by atoms with Gasteiger partial charge in [0.2, 0.25) is 11.8 Å². The van der Waals surface area contributed by atoms with Crippen LogP contribution in [0.2, 0.25) is 0 Å². The highest BCUT2D eigenvalue weighted by molar-refractivity contribution is 7.99. The number of nitrogens with two attached hydrogens (primary N) is 1. The molecular formula is C25H23N5O2S. The fourth-order valence-corrected chi connectivity index (χ4v) is 4.03. The maximum absolute atomic E-state index is 12.5. The van der Waals surface area contributed by atoms with E-state index in [9.17, 15) is 9.59 Å². The van der Waals surface area contributed by atoms with Crippen molar-refractivity contribution in [3.63, 3.8) is 0 Å². The Balaban J connectivity index is 1.57. The zero-order valence-electron chi connectivity index (χ0n) is 18.3. The predicted octanol–water partition coefficient (Wildman–Crippen LogP) is 4.38. The number of nitrogens with zero attached hydrogens (tertiary/aromatic N) is 3. The second kappa shape index (κ2) is 9.70. The maximum Gasteiger partial charge on any atom is 0.248 e. The summed E-state index contributed by atoms with van der Waals surface area (Å²) in [7, 11) is 0. The maximum atomic E-state index is 12.5. The third kappa shape index (κ3) is 5.12. The molecule has 0 bridgehead atoms. The van der Waals surface area contributed by atoms with E-state index in [1.54, 1.807) is 24.3 Å². The average molecular weight is 458 g/mol. The van der Waals surface area contributed by atoms with Gasteiger partial charge in [0.25, 0.3) is 0 Å². The molecule has 33 heavy (non-hydrogen) atoms. The van der Waals surface area contributed by atoms with Gasteiger partial charge in [-0.2, -0.15) is 0 Å². The lowest BCUT2D eigenvalue weighted by Gasteiger charge is -2.12. The first-order chi connectivity index (χ1) is 15.9. The Morgan fingerprint density at radius 2 is 1.67 bits per heavy atom. The molecule has 0 atom stereocenters. The first kappa shape index (κ1) is 22.3. The SMILES string of the molecule is Cc1ccc(-n2c(SCC(=O)Nc3ccc(C(N)=O)cc3)nnc2-c2ccccc2)cc1C. The van der Waals surface area contributed by atoms with Crippen molar-refractivity contribution in [3.8, 4) is 17.1 Å². The number of carbonyl (C=O) groups excluding carboxylic acids is 2. The molecule has 2 amide bonds. The van der Waals surface area contributed by atoms with Gasteiger partial charge in [0, 0.05) is 16.8 Å². The summed E-state index contributed by atoms with van der Waals surface area (Å²) in [6.45, 7) is 4.13. The summed E-state index contributed by atoms with van der Waals surface area (Å²) in [5.41, 5.74) is 10.5. The van der Waals surface area contributed by atoms with E-state index in [4.69, 9.17) is 5.73 Å². The van der Waals surface area contributed by atoms with Gasteiger partial charge in [-0.15, -0.1) is 10.2 Å². The van der Waals surface area contributed by atoms with Crippen molar-refractivity contribution in [2.45, 2.75) is 19.0 Å². The van der Waals surface area contributed by atoms with Gasteiger partial charge in [0.1, 0.15) is 0 Å². The predicted molar refractivity (Wildman–Crippen MR) is 131 cm³/mol. The minimum Gasteiger partial charge on any atom is -0.366 e. The van der Waals surface area contributed by atoms with Crippen molar-refractivity contribution in [2.75, 3.05) is 11.1 Å². The molecule has 0 saturated heterocycles. The zero-order valence-corrected chi connectivity index (χ0v) is 19.1. The number of carbonyl (C=O) groups is 2. The summed E-state index contributed by atoms with van der Waals surface area (Å²) < 4.78 is 1.97. The summed E-state index contributed by atoms with van der Waals surface area (Å²) >= 11 is 1.31. The van der Waals surface area contributed by atoms with Crippen molar-refractivity contribution in [1.82, 2.24) is 14.8 Å². The largest absolute Gasteiger partial charge is 0.366 e. The second-order valence-electron chi connectivity index (χ2n) is 7.55. The Morgan fingerprint density at radius 1 is 0.939 bits per heavy atom. The summed E-state index contributed by atoms with van der Waals surface area (Å²) in [6, 6.07) is 22.5. The molecule has 0 unspecified atom stereocenters. The molecule has 1 heterocycles. The van der Waals surface area contributed by atoms with E-state index in [2.05, 4.69) is 41.5 Å². The van der Waals surface area contributed by atoms with Crippen molar-refractivity contribution >= 4 is 29.3 Å². The van der Waals surface area contributed by atoms with Crippen LogP contribution >= 0.6 is 11.8 Å². The molecule has 0 fully saturated rings. The van der Waals surface area contributed by atoms with E-state index in [0.717, 1.165) is 16.8 Å². The van der Waals surface area contributed by atoms with Gasteiger partial charge in [-0.1, -0.05) is 48.2 Å². The molecule has 0 aliphatic heterocycles. The molecular weight excluding hydrogens is 434 g/mol. The van der Waals surface area contributed by atoms with Crippen LogP contribution < -0.4 is 11.1 Å². The van der Waals surface area contributed by atoms with Gasteiger partial charge in [-0.25, -0.2) is 0 Å². The van der Waals surface area contributed by atoms with Crippen LogP contribution in [0.5, 0.6) is 0 Å². The molecule has 0 aliphatic rings. The van der Waals surface area contributed by atoms with E-state index in [0.29, 0.717) is 22.2 Å². The third-order valence-corrected chi connectivity index (χ3v) is 6.13. The average Bonchev–Trinajstić information content (AvgIpc) is 3.24. The Bertz CT molecular complexity index is 1300. The lowest BCUT2D eigenvalue weighted by molar-refractivity contribution is -0.113. The van der Waals surface area contributed by atoms with Crippen LogP contribution in [-0.4, -0.2) is 32.3 Å². The summed E-state index contributed by atoms with van der Waals surface area (Å²) in [5.74, 6) is 0.157. The van der Waals surface area contributed by atoms with Crippen molar-refractivity contribution in [3.05, 3.63) is 89.5 Å². The number of anilines is 1. The van der Waals surface area contributed by atoms with Gasteiger partial charge in [0.05, 0.1) is 11.4 Å². The molecule has 0 saturated carbocycles. The normalized spacial score (nSPS) is 10.7. The van der Waals surface area contributed by atoms with E-state index >= 15 is 0 Å². The van der Waals surface area contributed by atoms with Crippen LogP contribution in [0, 0.1) is 13.8 Å². The van der Waals surface area contributed by atoms with Crippen LogP contribution in [-0.2, 0) is 4.79 Å². The highest BCUT2D eigenvalue weighted by Crippen LogP contribution is 2.29. The molecule has 1 aromatic heterocycles. The molecule has 3 N–H and O–H groups in total. The minimum absolute atomic E-state index is 0.148. The van der Waals surface area contributed by atoms with Gasteiger partial charge < -0.3 is 11.1 Å².